The summed E-state index contributed by atoms with van der Waals surface area (Å²) in [6.45, 7) is 2.16. The van der Waals surface area contributed by atoms with E-state index < -0.39 is 6.16 Å². The van der Waals surface area contributed by atoms with Gasteiger partial charge in [0, 0.05) is 6.42 Å². The highest BCUT2D eigenvalue weighted by molar-refractivity contribution is 5.57. The molecule has 0 saturated heterocycles. The SMILES string of the molecule is CCCCCCC(Cc1ccccc1)OC(=O)O. The molecule has 3 nitrogen and oxygen atoms in total. The van der Waals surface area contributed by atoms with Crippen molar-refractivity contribution in [1.82, 2.24) is 0 Å². The van der Waals surface area contributed by atoms with Crippen LogP contribution in [0.3, 0.4) is 0 Å². The highest BCUT2D eigenvalue weighted by Gasteiger charge is 2.13. The summed E-state index contributed by atoms with van der Waals surface area (Å²) in [5.41, 5.74) is 1.12. The normalized spacial score (nSPS) is 12.1. The Balaban J connectivity index is 2.42. The molecule has 0 aromatic heterocycles. The third-order valence-electron chi connectivity index (χ3n) is 2.95. The minimum atomic E-state index is -1.17. The van der Waals surface area contributed by atoms with E-state index in [1.54, 1.807) is 0 Å². The summed E-state index contributed by atoms with van der Waals surface area (Å²) in [5.74, 6) is 0. The molecule has 0 radical (unpaired) electrons. The largest absolute Gasteiger partial charge is 0.506 e. The Morgan fingerprint density at radius 2 is 1.94 bits per heavy atom. The van der Waals surface area contributed by atoms with Crippen molar-refractivity contribution in [2.24, 2.45) is 0 Å². The highest BCUT2D eigenvalue weighted by atomic mass is 16.7. The molecule has 1 N–H and O–H groups in total. The van der Waals surface area contributed by atoms with Crippen LogP contribution in [0.4, 0.5) is 4.79 Å². The number of hydrogen-bond donors (Lipinski definition) is 1. The average molecular weight is 250 g/mol. The summed E-state index contributed by atoms with van der Waals surface area (Å²) < 4.78 is 4.95. The average Bonchev–Trinajstić information content (AvgIpc) is 2.35. The zero-order chi connectivity index (χ0) is 13.2. The fourth-order valence-corrected chi connectivity index (χ4v) is 2.02. The molecule has 1 aromatic rings. The molecular weight excluding hydrogens is 228 g/mol. The van der Waals surface area contributed by atoms with E-state index in [1.807, 2.05) is 30.3 Å². The Morgan fingerprint density at radius 1 is 1.22 bits per heavy atom. The first-order valence-corrected chi connectivity index (χ1v) is 6.66. The number of unbranched alkanes of at least 4 members (excludes halogenated alkanes) is 3. The van der Waals surface area contributed by atoms with Crippen LogP contribution in [0.5, 0.6) is 0 Å². The number of ether oxygens (including phenoxy) is 1. The molecule has 0 spiro atoms. The minimum Gasteiger partial charge on any atom is -0.450 e. The molecule has 1 rings (SSSR count). The van der Waals surface area contributed by atoms with E-state index in [0.717, 1.165) is 24.8 Å². The topological polar surface area (TPSA) is 46.5 Å². The second-order valence-corrected chi connectivity index (χ2v) is 4.54. The van der Waals surface area contributed by atoms with Crippen LogP contribution in [0.25, 0.3) is 0 Å². The number of rotatable bonds is 8. The maximum absolute atomic E-state index is 10.7. The smallest absolute Gasteiger partial charge is 0.450 e. The molecule has 0 aliphatic rings. The summed E-state index contributed by atoms with van der Waals surface area (Å²) in [6, 6.07) is 9.89. The van der Waals surface area contributed by atoms with Crippen LogP contribution < -0.4 is 0 Å². The van der Waals surface area contributed by atoms with Gasteiger partial charge in [0.1, 0.15) is 6.10 Å². The maximum Gasteiger partial charge on any atom is 0.506 e. The molecule has 100 valence electrons. The number of hydrogen-bond acceptors (Lipinski definition) is 2. The third-order valence-corrected chi connectivity index (χ3v) is 2.95. The standard InChI is InChI=1S/C15H22O3/c1-2-3-4-8-11-14(18-15(16)17)12-13-9-6-5-7-10-13/h5-7,9-10,14H,2-4,8,11-12H2,1H3,(H,16,17). The van der Waals surface area contributed by atoms with E-state index in [1.165, 1.54) is 12.8 Å². The van der Waals surface area contributed by atoms with Crippen LogP contribution in [0.1, 0.15) is 44.6 Å². The molecule has 3 heteroatoms. The number of carboxylic acid groups (broad SMARTS) is 1. The van der Waals surface area contributed by atoms with E-state index in [2.05, 4.69) is 6.92 Å². The molecular formula is C15H22O3. The lowest BCUT2D eigenvalue weighted by Gasteiger charge is -2.15. The first-order valence-electron chi connectivity index (χ1n) is 6.66. The van der Waals surface area contributed by atoms with Gasteiger partial charge < -0.3 is 9.84 Å². The summed E-state index contributed by atoms with van der Waals surface area (Å²) in [4.78, 5) is 10.7. The molecule has 0 fully saturated rings. The summed E-state index contributed by atoms with van der Waals surface area (Å²) in [7, 11) is 0. The van der Waals surface area contributed by atoms with Gasteiger partial charge in [-0.05, 0) is 18.4 Å². The Bertz CT molecular complexity index is 335. The Kier molecular flexibility index (Phi) is 6.92. The van der Waals surface area contributed by atoms with Gasteiger partial charge >= 0.3 is 6.16 Å². The quantitative estimate of drug-likeness (QED) is 0.554. The van der Waals surface area contributed by atoms with E-state index in [4.69, 9.17) is 9.84 Å². The van der Waals surface area contributed by atoms with Gasteiger partial charge in [0.25, 0.3) is 0 Å². The van der Waals surface area contributed by atoms with Crippen molar-refractivity contribution in [3.05, 3.63) is 35.9 Å². The third kappa shape index (κ3) is 6.28. The molecule has 18 heavy (non-hydrogen) atoms. The van der Waals surface area contributed by atoms with Crippen molar-refractivity contribution in [3.63, 3.8) is 0 Å². The van der Waals surface area contributed by atoms with Crippen LogP contribution in [0.2, 0.25) is 0 Å². The molecule has 1 unspecified atom stereocenters. The van der Waals surface area contributed by atoms with Gasteiger partial charge in [-0.2, -0.15) is 0 Å². The predicted molar refractivity (Wildman–Crippen MR) is 71.8 cm³/mol. The van der Waals surface area contributed by atoms with Crippen molar-refractivity contribution in [2.75, 3.05) is 0 Å². The Morgan fingerprint density at radius 3 is 2.56 bits per heavy atom. The van der Waals surface area contributed by atoms with E-state index in [9.17, 15) is 4.79 Å². The van der Waals surface area contributed by atoms with Gasteiger partial charge in [-0.3, -0.25) is 0 Å². The molecule has 0 bridgehead atoms. The lowest BCUT2D eigenvalue weighted by Crippen LogP contribution is -2.19. The van der Waals surface area contributed by atoms with Crippen molar-refractivity contribution in [2.45, 2.75) is 51.6 Å². The second kappa shape index (κ2) is 8.56. The Hall–Kier alpha value is -1.51. The number of benzene rings is 1. The number of carbonyl (C=O) groups is 1. The minimum absolute atomic E-state index is 0.221. The Labute approximate surface area is 109 Å². The van der Waals surface area contributed by atoms with Crippen molar-refractivity contribution >= 4 is 6.16 Å². The summed E-state index contributed by atoms with van der Waals surface area (Å²) in [5, 5.41) is 8.74. The monoisotopic (exact) mass is 250 g/mol. The van der Waals surface area contributed by atoms with Crippen LogP contribution in [0, 0.1) is 0 Å². The molecule has 1 aromatic carbocycles. The van der Waals surface area contributed by atoms with Gasteiger partial charge in [-0.25, -0.2) is 4.79 Å². The van der Waals surface area contributed by atoms with Gasteiger partial charge in [0.15, 0.2) is 0 Å². The van der Waals surface area contributed by atoms with Crippen LogP contribution in [-0.4, -0.2) is 17.4 Å². The predicted octanol–water partition coefficient (Wildman–Crippen LogP) is 4.26. The molecule has 0 saturated carbocycles. The maximum atomic E-state index is 10.7. The zero-order valence-corrected chi connectivity index (χ0v) is 11.0. The fraction of sp³-hybridized carbons (Fsp3) is 0.533. The highest BCUT2D eigenvalue weighted by Crippen LogP contribution is 2.14. The molecule has 0 aliphatic heterocycles. The fourth-order valence-electron chi connectivity index (χ4n) is 2.02. The summed E-state index contributed by atoms with van der Waals surface area (Å²) in [6.07, 6.45) is 4.63. The van der Waals surface area contributed by atoms with Crippen LogP contribution in [-0.2, 0) is 11.2 Å². The second-order valence-electron chi connectivity index (χ2n) is 4.54. The first kappa shape index (κ1) is 14.6. The molecule has 0 aliphatic carbocycles. The van der Waals surface area contributed by atoms with Gasteiger partial charge in [0.05, 0.1) is 0 Å². The molecule has 0 heterocycles. The van der Waals surface area contributed by atoms with E-state index in [-0.39, 0.29) is 6.10 Å². The lowest BCUT2D eigenvalue weighted by atomic mass is 10.0. The molecule has 1 atom stereocenters. The lowest BCUT2D eigenvalue weighted by molar-refractivity contribution is 0.0472. The van der Waals surface area contributed by atoms with Crippen molar-refractivity contribution in [3.8, 4) is 0 Å². The van der Waals surface area contributed by atoms with Crippen LogP contribution >= 0.6 is 0 Å². The van der Waals surface area contributed by atoms with Crippen molar-refractivity contribution in [1.29, 1.82) is 0 Å². The first-order chi connectivity index (χ1) is 8.72. The zero-order valence-electron chi connectivity index (χ0n) is 11.0. The summed E-state index contributed by atoms with van der Waals surface area (Å²) >= 11 is 0. The van der Waals surface area contributed by atoms with Gasteiger partial charge in [0.2, 0.25) is 0 Å². The van der Waals surface area contributed by atoms with E-state index in [0.29, 0.717) is 6.42 Å². The molecule has 0 amide bonds. The van der Waals surface area contributed by atoms with Gasteiger partial charge in [-0.15, -0.1) is 0 Å². The van der Waals surface area contributed by atoms with Gasteiger partial charge in [-0.1, -0.05) is 56.5 Å². The van der Waals surface area contributed by atoms with E-state index >= 15 is 0 Å². The van der Waals surface area contributed by atoms with Crippen LogP contribution in [0.15, 0.2) is 30.3 Å². The van der Waals surface area contributed by atoms with Crippen molar-refractivity contribution < 1.29 is 14.6 Å².